The molecule has 21 heavy (non-hydrogen) atoms. The highest BCUT2D eigenvalue weighted by atomic mass is 32.2. The molecule has 6 heteroatoms. The van der Waals surface area contributed by atoms with E-state index in [2.05, 4.69) is 0 Å². The summed E-state index contributed by atoms with van der Waals surface area (Å²) in [5.41, 5.74) is 0. The standard InChI is InChI=1S/C15H19NO3S2/c1-10(11-7-8-11)16(2)21(18,19)15-12-5-3-4-6-13(12)20-14(15)9-17/h3-6,10-11,17H,7-9H2,1-2H3. The highest BCUT2D eigenvalue weighted by molar-refractivity contribution is 7.89. The summed E-state index contributed by atoms with van der Waals surface area (Å²) in [6.07, 6.45) is 2.19. The molecule has 114 valence electrons. The van der Waals surface area contributed by atoms with Crippen LogP contribution in [0.25, 0.3) is 10.1 Å². The van der Waals surface area contributed by atoms with Crippen LogP contribution in [0.5, 0.6) is 0 Å². The van der Waals surface area contributed by atoms with Crippen LogP contribution in [0.2, 0.25) is 0 Å². The Morgan fingerprint density at radius 3 is 2.67 bits per heavy atom. The number of nitrogens with zero attached hydrogens (tertiary/aromatic N) is 1. The molecule has 1 saturated carbocycles. The number of rotatable bonds is 5. The molecule has 4 nitrogen and oxygen atoms in total. The van der Waals surface area contributed by atoms with Gasteiger partial charge in [-0.05, 0) is 31.7 Å². The van der Waals surface area contributed by atoms with Crippen molar-refractivity contribution in [2.24, 2.45) is 5.92 Å². The lowest BCUT2D eigenvalue weighted by Gasteiger charge is -2.24. The molecule has 1 N–H and O–H groups in total. The normalized spacial score (nSPS) is 17.5. The Labute approximate surface area is 129 Å². The van der Waals surface area contributed by atoms with Crippen molar-refractivity contribution in [2.75, 3.05) is 7.05 Å². The monoisotopic (exact) mass is 325 g/mol. The van der Waals surface area contributed by atoms with Gasteiger partial charge in [-0.3, -0.25) is 0 Å². The number of hydrogen-bond acceptors (Lipinski definition) is 4. The molecule has 0 saturated heterocycles. The number of benzene rings is 1. The first-order valence-electron chi connectivity index (χ1n) is 7.06. The van der Waals surface area contributed by atoms with E-state index in [1.165, 1.54) is 15.6 Å². The summed E-state index contributed by atoms with van der Waals surface area (Å²) in [6.45, 7) is 1.71. The number of thiophene rings is 1. The molecule has 0 radical (unpaired) electrons. The topological polar surface area (TPSA) is 57.6 Å². The third kappa shape index (κ3) is 2.50. The van der Waals surface area contributed by atoms with Crippen molar-refractivity contribution >= 4 is 31.4 Å². The first-order valence-corrected chi connectivity index (χ1v) is 9.31. The highest BCUT2D eigenvalue weighted by Gasteiger charge is 2.37. The molecule has 0 bridgehead atoms. The fourth-order valence-corrected chi connectivity index (χ4v) is 5.87. The third-order valence-corrected chi connectivity index (χ3v) is 7.63. The lowest BCUT2D eigenvalue weighted by Crippen LogP contribution is -2.36. The Balaban J connectivity index is 2.13. The maximum Gasteiger partial charge on any atom is 0.244 e. The number of hydrogen-bond donors (Lipinski definition) is 1. The van der Waals surface area contributed by atoms with Gasteiger partial charge in [-0.25, -0.2) is 8.42 Å². The van der Waals surface area contributed by atoms with E-state index in [0.717, 1.165) is 17.5 Å². The van der Waals surface area contributed by atoms with Crippen LogP contribution in [-0.2, 0) is 16.6 Å². The van der Waals surface area contributed by atoms with Crippen molar-refractivity contribution in [3.63, 3.8) is 0 Å². The Bertz CT molecular complexity index is 762. The molecule has 1 aliphatic carbocycles. The Morgan fingerprint density at radius 1 is 1.38 bits per heavy atom. The second-order valence-electron chi connectivity index (χ2n) is 5.61. The molecule has 1 aliphatic rings. The minimum Gasteiger partial charge on any atom is -0.391 e. The average molecular weight is 325 g/mol. The van der Waals surface area contributed by atoms with E-state index in [0.29, 0.717) is 16.2 Å². The second-order valence-corrected chi connectivity index (χ2v) is 8.68. The van der Waals surface area contributed by atoms with Gasteiger partial charge in [0.15, 0.2) is 0 Å². The number of aliphatic hydroxyl groups is 1. The minimum atomic E-state index is -3.59. The van der Waals surface area contributed by atoms with Gasteiger partial charge in [-0.15, -0.1) is 11.3 Å². The molecule has 1 aromatic heterocycles. The molecule has 1 aromatic carbocycles. The van der Waals surface area contributed by atoms with E-state index in [4.69, 9.17) is 0 Å². The van der Waals surface area contributed by atoms with Crippen LogP contribution >= 0.6 is 11.3 Å². The summed E-state index contributed by atoms with van der Waals surface area (Å²) in [4.78, 5) is 0.798. The molecule has 0 aliphatic heterocycles. The van der Waals surface area contributed by atoms with Gasteiger partial charge in [0.05, 0.1) is 11.5 Å². The van der Waals surface area contributed by atoms with E-state index in [1.54, 1.807) is 7.05 Å². The van der Waals surface area contributed by atoms with Crippen LogP contribution in [0.4, 0.5) is 0 Å². The van der Waals surface area contributed by atoms with Gasteiger partial charge in [0, 0.05) is 23.2 Å². The van der Waals surface area contributed by atoms with E-state index in [1.807, 2.05) is 31.2 Å². The third-order valence-electron chi connectivity index (χ3n) is 4.28. The van der Waals surface area contributed by atoms with E-state index in [9.17, 15) is 13.5 Å². The van der Waals surface area contributed by atoms with Crippen LogP contribution in [-0.4, -0.2) is 30.9 Å². The molecule has 1 atom stereocenters. The molecule has 1 unspecified atom stereocenters. The lowest BCUT2D eigenvalue weighted by atomic mass is 10.2. The van der Waals surface area contributed by atoms with Crippen LogP contribution in [0.1, 0.15) is 24.6 Å². The highest BCUT2D eigenvalue weighted by Crippen LogP contribution is 2.40. The molecule has 1 fully saturated rings. The largest absolute Gasteiger partial charge is 0.391 e. The molecule has 2 aromatic rings. The smallest absolute Gasteiger partial charge is 0.244 e. The molecule has 0 spiro atoms. The van der Waals surface area contributed by atoms with Gasteiger partial charge in [0.25, 0.3) is 0 Å². The predicted molar refractivity (Wildman–Crippen MR) is 84.9 cm³/mol. The Hall–Kier alpha value is -0.950. The van der Waals surface area contributed by atoms with E-state index in [-0.39, 0.29) is 17.5 Å². The summed E-state index contributed by atoms with van der Waals surface area (Å²) in [6, 6.07) is 7.42. The van der Waals surface area contributed by atoms with Crippen molar-refractivity contribution in [1.29, 1.82) is 0 Å². The maximum absolute atomic E-state index is 13.0. The zero-order chi connectivity index (χ0) is 15.2. The molecule has 0 amide bonds. The molecular weight excluding hydrogens is 306 g/mol. The van der Waals surface area contributed by atoms with Gasteiger partial charge in [0.1, 0.15) is 4.90 Å². The van der Waals surface area contributed by atoms with E-state index >= 15 is 0 Å². The van der Waals surface area contributed by atoms with Crippen molar-refractivity contribution in [3.05, 3.63) is 29.1 Å². The summed E-state index contributed by atoms with van der Waals surface area (Å²) in [7, 11) is -1.94. The Kier molecular flexibility index (Phi) is 3.81. The molecule has 1 heterocycles. The quantitative estimate of drug-likeness (QED) is 0.919. The maximum atomic E-state index is 13.0. The fraction of sp³-hybridized carbons (Fsp3) is 0.467. The van der Waals surface area contributed by atoms with Crippen molar-refractivity contribution in [1.82, 2.24) is 4.31 Å². The second kappa shape index (κ2) is 5.35. The van der Waals surface area contributed by atoms with Crippen LogP contribution < -0.4 is 0 Å². The van der Waals surface area contributed by atoms with Crippen LogP contribution in [0.3, 0.4) is 0 Å². The molecular formula is C15H19NO3S2. The zero-order valence-corrected chi connectivity index (χ0v) is 13.7. The number of aliphatic hydroxyl groups excluding tert-OH is 1. The van der Waals surface area contributed by atoms with E-state index < -0.39 is 10.0 Å². The van der Waals surface area contributed by atoms with Gasteiger partial charge in [-0.2, -0.15) is 4.31 Å². The fourth-order valence-electron chi connectivity index (χ4n) is 2.70. The zero-order valence-electron chi connectivity index (χ0n) is 12.1. The first kappa shape index (κ1) is 15.0. The lowest BCUT2D eigenvalue weighted by molar-refractivity contribution is 0.282. The summed E-state index contributed by atoms with van der Waals surface area (Å²) in [5.74, 6) is 0.465. The average Bonchev–Trinajstić information content (AvgIpc) is 3.24. The summed E-state index contributed by atoms with van der Waals surface area (Å²) < 4.78 is 28.3. The van der Waals surface area contributed by atoms with Crippen LogP contribution in [0.15, 0.2) is 29.2 Å². The number of fused-ring (bicyclic) bond motifs is 1. The van der Waals surface area contributed by atoms with Gasteiger partial charge in [-0.1, -0.05) is 18.2 Å². The van der Waals surface area contributed by atoms with Crippen molar-refractivity contribution < 1.29 is 13.5 Å². The van der Waals surface area contributed by atoms with Crippen molar-refractivity contribution in [3.8, 4) is 0 Å². The summed E-state index contributed by atoms with van der Waals surface area (Å²) >= 11 is 1.35. The summed E-state index contributed by atoms with van der Waals surface area (Å²) in [5, 5.41) is 10.3. The molecule has 3 rings (SSSR count). The predicted octanol–water partition coefficient (Wildman–Crippen LogP) is 2.81. The van der Waals surface area contributed by atoms with Gasteiger partial charge in [0.2, 0.25) is 10.0 Å². The minimum absolute atomic E-state index is 0.000190. The first-order chi connectivity index (χ1) is 9.96. The Morgan fingerprint density at radius 2 is 2.05 bits per heavy atom. The van der Waals surface area contributed by atoms with Gasteiger partial charge < -0.3 is 5.11 Å². The number of sulfonamides is 1. The van der Waals surface area contributed by atoms with Crippen LogP contribution in [0, 0.1) is 5.92 Å². The SMILES string of the molecule is CC(C1CC1)N(C)S(=O)(=O)c1c(CO)sc2ccccc12. The van der Waals surface area contributed by atoms with Crippen molar-refractivity contribution in [2.45, 2.75) is 37.3 Å². The van der Waals surface area contributed by atoms with Gasteiger partial charge >= 0.3 is 0 Å².